The molecule has 4 heteroatoms. The van der Waals surface area contributed by atoms with Gasteiger partial charge in [0.1, 0.15) is 10.9 Å². The second kappa shape index (κ2) is 2.79. The summed E-state index contributed by atoms with van der Waals surface area (Å²) in [6.07, 6.45) is 3.75. The monoisotopic (exact) mass is 225 g/mol. The van der Waals surface area contributed by atoms with Gasteiger partial charge in [0.05, 0.1) is 5.52 Å². The Morgan fingerprint density at radius 2 is 2.42 bits per heavy atom. The molecule has 2 rings (SSSR count). The smallest absolute Gasteiger partial charge is 0.131 e. The number of halogens is 1. The summed E-state index contributed by atoms with van der Waals surface area (Å²) in [7, 11) is 1.90. The zero-order valence-electron chi connectivity index (χ0n) is 6.58. The van der Waals surface area contributed by atoms with Crippen molar-refractivity contribution < 1.29 is 0 Å². The Labute approximate surface area is 78.6 Å². The average molecular weight is 226 g/mol. The summed E-state index contributed by atoms with van der Waals surface area (Å²) in [5, 5.41) is 3.07. The van der Waals surface area contributed by atoms with Crippen molar-refractivity contribution in [2.24, 2.45) is 0 Å². The lowest BCUT2D eigenvalue weighted by Gasteiger charge is -1.99. The first-order chi connectivity index (χ1) is 5.81. The van der Waals surface area contributed by atoms with Gasteiger partial charge in [-0.25, -0.2) is 4.98 Å². The molecule has 0 atom stereocenters. The third-order valence-electron chi connectivity index (χ3n) is 1.78. The third-order valence-corrected chi connectivity index (χ3v) is 2.39. The summed E-state index contributed by atoms with van der Waals surface area (Å²) in [5.41, 5.74) is 2.16. The highest BCUT2D eigenvalue weighted by Gasteiger charge is 2.00. The molecule has 0 saturated carbocycles. The van der Waals surface area contributed by atoms with E-state index in [1.165, 1.54) is 0 Å². The predicted octanol–water partition coefficient (Wildman–Crippen LogP) is 2.14. The summed E-state index contributed by atoms with van der Waals surface area (Å²) in [4.78, 5) is 4.12. The number of pyridine rings is 1. The van der Waals surface area contributed by atoms with E-state index in [1.807, 2.05) is 29.8 Å². The lowest BCUT2D eigenvalue weighted by Crippen LogP contribution is -1.89. The van der Waals surface area contributed by atoms with Crippen LogP contribution >= 0.6 is 15.9 Å². The minimum Gasteiger partial charge on any atom is -0.388 e. The fraction of sp³-hybridized carbons (Fsp3) is 0.125. The molecule has 3 nitrogen and oxygen atoms in total. The van der Waals surface area contributed by atoms with Gasteiger partial charge in [-0.2, -0.15) is 0 Å². The average Bonchev–Trinajstić information content (AvgIpc) is 2.47. The van der Waals surface area contributed by atoms with Gasteiger partial charge in [0.2, 0.25) is 0 Å². The topological polar surface area (TPSA) is 29.3 Å². The van der Waals surface area contributed by atoms with Crippen LogP contribution in [0.1, 0.15) is 0 Å². The van der Waals surface area contributed by atoms with Crippen LogP contribution in [0.2, 0.25) is 0 Å². The largest absolute Gasteiger partial charge is 0.388 e. The molecular formula is C8H8BrN3. The Morgan fingerprint density at radius 3 is 3.17 bits per heavy atom. The molecule has 62 valence electrons. The van der Waals surface area contributed by atoms with E-state index in [4.69, 9.17) is 0 Å². The van der Waals surface area contributed by atoms with E-state index < -0.39 is 0 Å². The number of nitrogens with one attached hydrogen (secondary N) is 1. The van der Waals surface area contributed by atoms with Crippen LogP contribution in [-0.2, 0) is 0 Å². The summed E-state index contributed by atoms with van der Waals surface area (Å²) in [6, 6.07) is 4.04. The van der Waals surface area contributed by atoms with Gasteiger partial charge in [0.15, 0.2) is 0 Å². The minimum absolute atomic E-state index is 0.875. The van der Waals surface area contributed by atoms with E-state index in [-0.39, 0.29) is 0 Å². The van der Waals surface area contributed by atoms with Crippen LogP contribution in [0.15, 0.2) is 29.3 Å². The van der Waals surface area contributed by atoms with Crippen molar-refractivity contribution in [2.75, 3.05) is 12.4 Å². The van der Waals surface area contributed by atoms with E-state index in [0.29, 0.717) is 0 Å². The van der Waals surface area contributed by atoms with E-state index in [1.54, 1.807) is 6.33 Å². The van der Waals surface area contributed by atoms with Gasteiger partial charge in [-0.3, -0.25) is 0 Å². The van der Waals surface area contributed by atoms with E-state index in [2.05, 4.69) is 26.2 Å². The lowest BCUT2D eigenvalue weighted by atomic mass is 10.3. The molecule has 0 aliphatic heterocycles. The van der Waals surface area contributed by atoms with Crippen LogP contribution in [0, 0.1) is 0 Å². The van der Waals surface area contributed by atoms with Gasteiger partial charge < -0.3 is 9.72 Å². The molecule has 1 N–H and O–H groups in total. The molecule has 2 aromatic rings. The molecule has 0 unspecified atom stereocenters. The van der Waals surface area contributed by atoms with E-state index in [9.17, 15) is 0 Å². The Balaban J connectivity index is 2.71. The maximum Gasteiger partial charge on any atom is 0.131 e. The van der Waals surface area contributed by atoms with Crippen molar-refractivity contribution in [1.82, 2.24) is 9.38 Å². The molecule has 0 spiro atoms. The molecule has 2 aromatic heterocycles. The van der Waals surface area contributed by atoms with E-state index in [0.717, 1.165) is 15.8 Å². The van der Waals surface area contributed by atoms with Crippen LogP contribution < -0.4 is 5.32 Å². The number of hydrogen-bond donors (Lipinski definition) is 1. The van der Waals surface area contributed by atoms with Crippen LogP contribution in [0.3, 0.4) is 0 Å². The van der Waals surface area contributed by atoms with E-state index >= 15 is 0 Å². The molecule has 0 amide bonds. The Hall–Kier alpha value is -1.03. The number of hydrogen-bond acceptors (Lipinski definition) is 2. The SMILES string of the molecule is CNc1ccn2cnc(Br)c2c1. The maximum absolute atomic E-state index is 4.12. The Morgan fingerprint density at radius 1 is 1.58 bits per heavy atom. The highest BCUT2D eigenvalue weighted by molar-refractivity contribution is 9.10. The zero-order valence-corrected chi connectivity index (χ0v) is 8.17. The molecule has 0 fully saturated rings. The van der Waals surface area contributed by atoms with Crippen molar-refractivity contribution in [1.29, 1.82) is 0 Å². The second-order valence-electron chi connectivity index (χ2n) is 2.49. The summed E-state index contributed by atoms with van der Waals surface area (Å²) in [6.45, 7) is 0. The molecule has 0 aliphatic rings. The number of rotatable bonds is 1. The molecule has 0 radical (unpaired) electrons. The van der Waals surface area contributed by atoms with Gasteiger partial charge in [-0.05, 0) is 28.1 Å². The van der Waals surface area contributed by atoms with Crippen LogP contribution in [0.5, 0.6) is 0 Å². The van der Waals surface area contributed by atoms with Crippen LogP contribution in [0.4, 0.5) is 5.69 Å². The molecule has 0 aromatic carbocycles. The van der Waals surface area contributed by atoms with Crippen molar-refractivity contribution in [3.63, 3.8) is 0 Å². The zero-order chi connectivity index (χ0) is 8.55. The number of aromatic nitrogens is 2. The van der Waals surface area contributed by atoms with Crippen LogP contribution in [0.25, 0.3) is 5.52 Å². The van der Waals surface area contributed by atoms with Crippen molar-refractivity contribution in [3.8, 4) is 0 Å². The predicted molar refractivity (Wildman–Crippen MR) is 52.4 cm³/mol. The lowest BCUT2D eigenvalue weighted by molar-refractivity contribution is 1.15. The second-order valence-corrected chi connectivity index (χ2v) is 3.24. The normalized spacial score (nSPS) is 10.5. The fourth-order valence-electron chi connectivity index (χ4n) is 1.11. The number of anilines is 1. The highest BCUT2D eigenvalue weighted by Crippen LogP contribution is 2.18. The standard InChI is InChI=1S/C8H8BrN3/c1-10-6-2-3-12-5-11-8(9)7(12)4-6/h2-5,10H,1H3. The van der Waals surface area contributed by atoms with Gasteiger partial charge in [-0.15, -0.1) is 0 Å². The molecular weight excluding hydrogens is 218 g/mol. The Bertz CT molecular complexity index is 408. The molecule has 0 saturated heterocycles. The van der Waals surface area contributed by atoms with Gasteiger partial charge >= 0.3 is 0 Å². The first-order valence-electron chi connectivity index (χ1n) is 3.61. The molecule has 12 heavy (non-hydrogen) atoms. The van der Waals surface area contributed by atoms with Crippen molar-refractivity contribution in [2.45, 2.75) is 0 Å². The highest BCUT2D eigenvalue weighted by atomic mass is 79.9. The summed E-state index contributed by atoms with van der Waals surface area (Å²) in [5.74, 6) is 0. The molecule has 2 heterocycles. The number of nitrogens with zero attached hydrogens (tertiary/aromatic N) is 2. The minimum atomic E-state index is 0.875. The first kappa shape index (κ1) is 7.61. The van der Waals surface area contributed by atoms with Crippen LogP contribution in [-0.4, -0.2) is 16.4 Å². The third kappa shape index (κ3) is 1.08. The fourth-order valence-corrected chi connectivity index (χ4v) is 1.52. The number of imidazole rings is 1. The quantitative estimate of drug-likeness (QED) is 0.807. The van der Waals surface area contributed by atoms with Crippen molar-refractivity contribution >= 4 is 27.1 Å². The first-order valence-corrected chi connectivity index (χ1v) is 4.40. The van der Waals surface area contributed by atoms with Gasteiger partial charge in [0, 0.05) is 18.9 Å². The van der Waals surface area contributed by atoms with Gasteiger partial charge in [-0.1, -0.05) is 0 Å². The van der Waals surface area contributed by atoms with Gasteiger partial charge in [0.25, 0.3) is 0 Å². The summed E-state index contributed by atoms with van der Waals surface area (Å²) < 4.78 is 2.84. The maximum atomic E-state index is 4.12. The Kier molecular flexibility index (Phi) is 1.77. The number of fused-ring (bicyclic) bond motifs is 1. The molecule has 0 aliphatic carbocycles. The van der Waals surface area contributed by atoms with Crippen molar-refractivity contribution in [3.05, 3.63) is 29.3 Å². The summed E-state index contributed by atoms with van der Waals surface area (Å²) >= 11 is 3.37. The molecule has 0 bridgehead atoms.